The lowest BCUT2D eigenvalue weighted by Gasteiger charge is -2.27. The van der Waals surface area contributed by atoms with Gasteiger partial charge in [0.2, 0.25) is 0 Å². The number of carbonyl (C=O) groups excluding carboxylic acids is 2. The molecule has 0 saturated heterocycles. The Balaban J connectivity index is 1.53. The van der Waals surface area contributed by atoms with Crippen LogP contribution in [0.5, 0.6) is 0 Å². The quantitative estimate of drug-likeness (QED) is 0.629. The van der Waals surface area contributed by atoms with Crippen LogP contribution in [0.3, 0.4) is 0 Å². The number of hydrogen-bond acceptors (Lipinski definition) is 3. The average molecular weight is 438 g/mol. The van der Waals surface area contributed by atoms with Crippen molar-refractivity contribution in [3.63, 3.8) is 0 Å². The Morgan fingerprint density at radius 3 is 2.55 bits per heavy atom. The maximum Gasteiger partial charge on any atom is 0.317 e. The lowest BCUT2D eigenvalue weighted by molar-refractivity contribution is -0.154. The smallest absolute Gasteiger partial charge is 0.317 e. The highest BCUT2D eigenvalue weighted by atomic mass is 35.5. The molecular weight excluding hydrogens is 416 g/mol. The molecule has 2 aromatic carbocycles. The molecule has 0 atom stereocenters. The third kappa shape index (κ3) is 5.28. The Hall–Kier alpha value is -2.11. The lowest BCUT2D eigenvalue weighted by Crippen LogP contribution is -2.38. The van der Waals surface area contributed by atoms with Gasteiger partial charge in [-0.15, -0.1) is 0 Å². The Bertz CT molecular complexity index is 897. The summed E-state index contributed by atoms with van der Waals surface area (Å²) in [6.45, 7) is -0.0168. The van der Waals surface area contributed by atoms with E-state index in [9.17, 15) is 14.0 Å². The van der Waals surface area contributed by atoms with Crippen LogP contribution in [0.1, 0.15) is 36.8 Å². The third-order valence-corrected chi connectivity index (χ3v) is 5.88. The second-order valence-electron chi connectivity index (χ2n) is 7.21. The summed E-state index contributed by atoms with van der Waals surface area (Å²) < 4.78 is 19.0. The van der Waals surface area contributed by atoms with Crippen LogP contribution < -0.4 is 5.32 Å². The lowest BCUT2D eigenvalue weighted by atomic mass is 9.79. The Morgan fingerprint density at radius 2 is 1.86 bits per heavy atom. The number of ether oxygens (including phenoxy) is 1. The number of nitrogens with one attached hydrogen (secondary N) is 1. The van der Waals surface area contributed by atoms with Crippen molar-refractivity contribution in [1.82, 2.24) is 5.32 Å². The van der Waals surface area contributed by atoms with Crippen LogP contribution in [-0.4, -0.2) is 25.0 Å². The van der Waals surface area contributed by atoms with Crippen LogP contribution in [0, 0.1) is 5.82 Å². The number of rotatable bonds is 7. The molecule has 3 rings (SSSR count). The van der Waals surface area contributed by atoms with Crippen molar-refractivity contribution in [1.29, 1.82) is 0 Å². The van der Waals surface area contributed by atoms with E-state index < -0.39 is 17.3 Å². The molecular formula is C22H22Cl2FNO3. The fourth-order valence-electron chi connectivity index (χ4n) is 3.76. The van der Waals surface area contributed by atoms with Gasteiger partial charge in [-0.05, 0) is 54.7 Å². The van der Waals surface area contributed by atoms with E-state index >= 15 is 0 Å². The first-order valence-corrected chi connectivity index (χ1v) is 10.3. The van der Waals surface area contributed by atoms with E-state index in [4.69, 9.17) is 27.9 Å². The van der Waals surface area contributed by atoms with Crippen molar-refractivity contribution in [2.24, 2.45) is 0 Å². The Morgan fingerprint density at radius 1 is 1.10 bits per heavy atom. The van der Waals surface area contributed by atoms with Gasteiger partial charge in [0.05, 0.1) is 5.41 Å². The van der Waals surface area contributed by atoms with E-state index in [1.54, 1.807) is 30.3 Å². The molecule has 1 N–H and O–H groups in total. The summed E-state index contributed by atoms with van der Waals surface area (Å²) in [6, 6.07) is 11.2. The second-order valence-corrected chi connectivity index (χ2v) is 8.06. The largest absolute Gasteiger partial charge is 0.455 e. The summed E-state index contributed by atoms with van der Waals surface area (Å²) in [5.74, 6) is -1.26. The van der Waals surface area contributed by atoms with Crippen LogP contribution in [0.2, 0.25) is 10.0 Å². The van der Waals surface area contributed by atoms with Gasteiger partial charge < -0.3 is 10.1 Å². The molecule has 1 amide bonds. The van der Waals surface area contributed by atoms with Crippen molar-refractivity contribution in [3.8, 4) is 0 Å². The zero-order chi connectivity index (χ0) is 20.9. The summed E-state index contributed by atoms with van der Waals surface area (Å²) in [5, 5.41) is 3.80. The molecule has 0 bridgehead atoms. The average Bonchev–Trinajstić information content (AvgIpc) is 3.19. The summed E-state index contributed by atoms with van der Waals surface area (Å²) in [6.07, 6.45) is 3.43. The highest BCUT2D eigenvalue weighted by Gasteiger charge is 2.44. The van der Waals surface area contributed by atoms with Crippen LogP contribution >= 0.6 is 23.2 Å². The topological polar surface area (TPSA) is 55.4 Å². The molecule has 1 saturated carbocycles. The Labute approximate surface area is 179 Å². The first-order chi connectivity index (χ1) is 13.9. The maximum absolute atomic E-state index is 13.7. The van der Waals surface area contributed by atoms with Crippen molar-refractivity contribution in [3.05, 3.63) is 69.5 Å². The number of carbonyl (C=O) groups is 2. The van der Waals surface area contributed by atoms with E-state index in [1.165, 1.54) is 12.1 Å². The van der Waals surface area contributed by atoms with E-state index in [-0.39, 0.29) is 12.4 Å². The predicted molar refractivity (Wildman–Crippen MR) is 111 cm³/mol. The van der Waals surface area contributed by atoms with Crippen LogP contribution in [0.4, 0.5) is 4.39 Å². The number of hydrogen-bond donors (Lipinski definition) is 1. The predicted octanol–water partition coefficient (Wildman–Crippen LogP) is 4.85. The van der Waals surface area contributed by atoms with Gasteiger partial charge in [0.1, 0.15) is 5.82 Å². The molecule has 0 heterocycles. The normalized spacial score (nSPS) is 15.1. The molecule has 7 heteroatoms. The van der Waals surface area contributed by atoms with Crippen LogP contribution in [0.25, 0.3) is 0 Å². The van der Waals surface area contributed by atoms with Crippen molar-refractivity contribution >= 4 is 35.1 Å². The zero-order valence-electron chi connectivity index (χ0n) is 15.8. The zero-order valence-corrected chi connectivity index (χ0v) is 17.4. The number of esters is 1. The highest BCUT2D eigenvalue weighted by molar-refractivity contribution is 6.35. The first kappa shape index (κ1) is 21.6. The van der Waals surface area contributed by atoms with E-state index in [0.717, 1.165) is 18.4 Å². The van der Waals surface area contributed by atoms with Gasteiger partial charge in [-0.3, -0.25) is 9.59 Å². The minimum atomic E-state index is -0.876. The molecule has 0 aromatic heterocycles. The van der Waals surface area contributed by atoms with Crippen molar-refractivity contribution < 1.29 is 18.7 Å². The molecule has 0 aliphatic heterocycles. The molecule has 4 nitrogen and oxygen atoms in total. The number of halogens is 3. The summed E-state index contributed by atoms with van der Waals surface area (Å²) in [4.78, 5) is 24.9. The van der Waals surface area contributed by atoms with Gasteiger partial charge in [-0.1, -0.05) is 54.2 Å². The maximum atomic E-state index is 13.7. The van der Waals surface area contributed by atoms with Gasteiger partial charge in [0.15, 0.2) is 6.61 Å². The molecule has 0 spiro atoms. The minimum absolute atomic E-state index is 0.354. The molecule has 154 valence electrons. The fraction of sp³-hybridized carbons (Fsp3) is 0.364. The molecule has 1 aliphatic rings. The van der Waals surface area contributed by atoms with Gasteiger partial charge >= 0.3 is 5.97 Å². The summed E-state index contributed by atoms with van der Waals surface area (Å²) in [7, 11) is 0. The highest BCUT2D eigenvalue weighted by Crippen LogP contribution is 2.42. The monoisotopic (exact) mass is 437 g/mol. The molecule has 1 aliphatic carbocycles. The molecule has 0 unspecified atom stereocenters. The summed E-state index contributed by atoms with van der Waals surface area (Å²) >= 11 is 12.0. The summed E-state index contributed by atoms with van der Waals surface area (Å²) in [5.41, 5.74) is 0.598. The first-order valence-electron chi connectivity index (χ1n) is 9.55. The second kappa shape index (κ2) is 9.59. The van der Waals surface area contributed by atoms with Crippen LogP contribution in [0.15, 0.2) is 42.5 Å². The van der Waals surface area contributed by atoms with Gasteiger partial charge in [-0.25, -0.2) is 4.39 Å². The molecule has 29 heavy (non-hydrogen) atoms. The standard InChI is InChI=1S/C22H22Cl2FNO3/c23-17-7-6-15(19(24)13-17)8-11-26-20(27)14-29-21(28)22(9-1-2-10-22)16-4-3-5-18(25)12-16/h3-7,12-13H,1-2,8-11,14H2,(H,26,27). The molecule has 1 fully saturated rings. The van der Waals surface area contributed by atoms with Crippen LogP contribution in [-0.2, 0) is 26.2 Å². The fourth-order valence-corrected chi connectivity index (χ4v) is 4.26. The third-order valence-electron chi connectivity index (χ3n) is 5.29. The van der Waals surface area contributed by atoms with E-state index in [0.29, 0.717) is 41.4 Å². The number of benzene rings is 2. The SMILES string of the molecule is O=C(COC(=O)C1(c2cccc(F)c2)CCCC1)NCCc1ccc(Cl)cc1Cl. The van der Waals surface area contributed by atoms with Crippen molar-refractivity contribution in [2.45, 2.75) is 37.5 Å². The molecule has 2 aromatic rings. The minimum Gasteiger partial charge on any atom is -0.455 e. The van der Waals surface area contributed by atoms with Crippen molar-refractivity contribution in [2.75, 3.05) is 13.2 Å². The number of amides is 1. The Kier molecular flexibility index (Phi) is 7.14. The van der Waals surface area contributed by atoms with Gasteiger partial charge in [-0.2, -0.15) is 0 Å². The van der Waals surface area contributed by atoms with E-state index in [2.05, 4.69) is 5.32 Å². The van der Waals surface area contributed by atoms with Gasteiger partial charge in [0, 0.05) is 16.6 Å². The van der Waals surface area contributed by atoms with Gasteiger partial charge in [0.25, 0.3) is 5.91 Å². The molecule has 0 radical (unpaired) electrons. The van der Waals surface area contributed by atoms with E-state index in [1.807, 2.05) is 0 Å².